The van der Waals surface area contributed by atoms with Gasteiger partial charge in [-0.2, -0.15) is 5.10 Å². The van der Waals surface area contributed by atoms with Crippen molar-refractivity contribution in [3.63, 3.8) is 0 Å². The summed E-state index contributed by atoms with van der Waals surface area (Å²) < 4.78 is 1.99. The summed E-state index contributed by atoms with van der Waals surface area (Å²) >= 11 is 0. The molecule has 1 atom stereocenters. The summed E-state index contributed by atoms with van der Waals surface area (Å²) in [6, 6.07) is 2.79. The van der Waals surface area contributed by atoms with Crippen molar-refractivity contribution < 1.29 is 0 Å². The summed E-state index contributed by atoms with van der Waals surface area (Å²) in [6.45, 7) is 5.60. The van der Waals surface area contributed by atoms with Crippen molar-refractivity contribution in [2.45, 2.75) is 45.6 Å². The van der Waals surface area contributed by atoms with Gasteiger partial charge in [-0.1, -0.05) is 6.92 Å². The van der Waals surface area contributed by atoms with Gasteiger partial charge in [0.15, 0.2) is 0 Å². The maximum Gasteiger partial charge on any atom is 0.0492 e. The molecule has 16 heavy (non-hydrogen) atoms. The molecule has 0 spiro atoms. The smallest absolute Gasteiger partial charge is 0.0492 e. The summed E-state index contributed by atoms with van der Waals surface area (Å²) in [7, 11) is 2.03. The van der Waals surface area contributed by atoms with E-state index in [2.05, 4.69) is 30.3 Å². The molecule has 1 fully saturated rings. The lowest BCUT2D eigenvalue weighted by Gasteiger charge is -2.24. The van der Waals surface area contributed by atoms with E-state index in [0.29, 0.717) is 11.5 Å². The number of hydrogen-bond acceptors (Lipinski definition) is 2. The van der Waals surface area contributed by atoms with Crippen LogP contribution in [0.15, 0.2) is 12.3 Å². The van der Waals surface area contributed by atoms with Crippen molar-refractivity contribution in [2.75, 3.05) is 6.54 Å². The van der Waals surface area contributed by atoms with Crippen LogP contribution in [0.4, 0.5) is 0 Å². The minimum absolute atomic E-state index is 0.570. The number of hydrogen-bond donors (Lipinski definition) is 1. The van der Waals surface area contributed by atoms with Crippen LogP contribution in [-0.4, -0.2) is 22.4 Å². The number of nitrogens with zero attached hydrogens (tertiary/aromatic N) is 2. The minimum Gasteiger partial charge on any atom is -0.314 e. The zero-order valence-electron chi connectivity index (χ0n) is 10.7. The van der Waals surface area contributed by atoms with E-state index in [1.165, 1.54) is 25.0 Å². The van der Waals surface area contributed by atoms with Crippen molar-refractivity contribution in [2.24, 2.45) is 12.5 Å². The molecule has 0 saturated heterocycles. The van der Waals surface area contributed by atoms with E-state index in [-0.39, 0.29) is 0 Å². The molecule has 90 valence electrons. The van der Waals surface area contributed by atoms with Crippen LogP contribution in [-0.2, 0) is 13.5 Å². The van der Waals surface area contributed by atoms with Crippen LogP contribution in [0, 0.1) is 5.41 Å². The van der Waals surface area contributed by atoms with Crippen LogP contribution >= 0.6 is 0 Å². The van der Waals surface area contributed by atoms with Crippen LogP contribution in [0.25, 0.3) is 0 Å². The second kappa shape index (κ2) is 4.58. The van der Waals surface area contributed by atoms with E-state index in [1.54, 1.807) is 0 Å². The summed E-state index contributed by atoms with van der Waals surface area (Å²) in [5.74, 6) is 0. The van der Waals surface area contributed by atoms with Gasteiger partial charge in [0.25, 0.3) is 0 Å². The summed E-state index contributed by atoms with van der Waals surface area (Å²) in [6.07, 6.45) is 7.12. The van der Waals surface area contributed by atoms with Gasteiger partial charge in [-0.15, -0.1) is 0 Å². The van der Waals surface area contributed by atoms with Crippen LogP contribution < -0.4 is 5.32 Å². The monoisotopic (exact) mass is 221 g/mol. The lowest BCUT2D eigenvalue weighted by atomic mass is 9.91. The largest absolute Gasteiger partial charge is 0.314 e. The molecule has 1 aromatic rings. The maximum absolute atomic E-state index is 4.22. The first kappa shape index (κ1) is 11.6. The lowest BCUT2D eigenvalue weighted by molar-refractivity contribution is 0.333. The molecule has 0 aromatic carbocycles. The van der Waals surface area contributed by atoms with Crippen LogP contribution in [0.5, 0.6) is 0 Å². The molecule has 1 N–H and O–H groups in total. The van der Waals surface area contributed by atoms with Crippen molar-refractivity contribution in [1.82, 2.24) is 15.1 Å². The highest BCUT2D eigenvalue weighted by atomic mass is 15.2. The Morgan fingerprint density at radius 1 is 1.56 bits per heavy atom. The van der Waals surface area contributed by atoms with Gasteiger partial charge < -0.3 is 5.32 Å². The fraction of sp³-hybridized carbons (Fsp3) is 0.769. The molecule has 3 nitrogen and oxygen atoms in total. The van der Waals surface area contributed by atoms with E-state index >= 15 is 0 Å². The molecule has 1 aliphatic carbocycles. The highest BCUT2D eigenvalue weighted by molar-refractivity contribution is 5.06. The highest BCUT2D eigenvalue weighted by Gasteiger charge is 2.46. The highest BCUT2D eigenvalue weighted by Crippen LogP contribution is 2.52. The molecule has 0 amide bonds. The molecule has 1 heterocycles. The Balaban J connectivity index is 1.88. The molecule has 1 aromatic heterocycles. The average molecular weight is 221 g/mol. The van der Waals surface area contributed by atoms with Crippen LogP contribution in [0.3, 0.4) is 0 Å². The van der Waals surface area contributed by atoms with Crippen molar-refractivity contribution >= 4 is 0 Å². The molecule has 0 bridgehead atoms. The quantitative estimate of drug-likeness (QED) is 0.797. The third-order valence-electron chi connectivity index (χ3n) is 4.12. The van der Waals surface area contributed by atoms with Crippen molar-refractivity contribution in [3.05, 3.63) is 18.0 Å². The summed E-state index contributed by atoms with van der Waals surface area (Å²) in [5.41, 5.74) is 1.93. The van der Waals surface area contributed by atoms with Gasteiger partial charge >= 0.3 is 0 Å². The van der Waals surface area contributed by atoms with E-state index in [1.807, 2.05) is 17.9 Å². The molecule has 1 unspecified atom stereocenters. The molecule has 0 radical (unpaired) electrons. The van der Waals surface area contributed by atoms with Crippen LogP contribution in [0.1, 0.15) is 38.8 Å². The topological polar surface area (TPSA) is 29.9 Å². The minimum atomic E-state index is 0.570. The van der Waals surface area contributed by atoms with E-state index in [9.17, 15) is 0 Å². The molecule has 1 saturated carbocycles. The van der Waals surface area contributed by atoms with E-state index < -0.39 is 0 Å². The standard InChI is InChI=1S/C13H23N3/c1-4-14-11(2)13(8-9-13)7-5-12-6-10-15-16(12)3/h6,10-11,14H,4-5,7-9H2,1-3H3. The number of aryl methyl sites for hydroxylation is 2. The van der Waals surface area contributed by atoms with E-state index in [4.69, 9.17) is 0 Å². The third-order valence-corrected chi connectivity index (χ3v) is 4.12. The van der Waals surface area contributed by atoms with Gasteiger partial charge in [0, 0.05) is 25.0 Å². The van der Waals surface area contributed by atoms with Gasteiger partial charge in [0.1, 0.15) is 0 Å². The second-order valence-corrected chi connectivity index (χ2v) is 5.09. The Labute approximate surface area is 98.2 Å². The Bertz CT molecular complexity index is 339. The van der Waals surface area contributed by atoms with Gasteiger partial charge in [-0.25, -0.2) is 0 Å². The zero-order chi connectivity index (χ0) is 11.6. The Kier molecular flexibility index (Phi) is 3.33. The number of nitrogens with one attached hydrogen (secondary N) is 1. The van der Waals surface area contributed by atoms with Gasteiger partial charge in [-0.3, -0.25) is 4.68 Å². The Morgan fingerprint density at radius 2 is 2.31 bits per heavy atom. The Hall–Kier alpha value is -0.830. The summed E-state index contributed by atoms with van der Waals surface area (Å²) in [5, 5.41) is 7.79. The average Bonchev–Trinajstić information content (AvgIpc) is 2.95. The molecule has 1 aliphatic rings. The number of rotatable bonds is 6. The van der Waals surface area contributed by atoms with Crippen molar-refractivity contribution in [3.8, 4) is 0 Å². The fourth-order valence-corrected chi connectivity index (χ4v) is 2.61. The predicted molar refractivity (Wildman–Crippen MR) is 66.3 cm³/mol. The first-order valence-electron chi connectivity index (χ1n) is 6.38. The zero-order valence-corrected chi connectivity index (χ0v) is 10.7. The predicted octanol–water partition coefficient (Wildman–Crippen LogP) is 2.13. The first-order valence-corrected chi connectivity index (χ1v) is 6.38. The first-order chi connectivity index (χ1) is 7.68. The molecule has 3 heteroatoms. The van der Waals surface area contributed by atoms with Gasteiger partial charge in [0.05, 0.1) is 0 Å². The van der Waals surface area contributed by atoms with Crippen LogP contribution in [0.2, 0.25) is 0 Å². The third kappa shape index (κ3) is 2.29. The Morgan fingerprint density at radius 3 is 2.81 bits per heavy atom. The van der Waals surface area contributed by atoms with Gasteiger partial charge in [-0.05, 0) is 50.6 Å². The van der Waals surface area contributed by atoms with Gasteiger partial charge in [0.2, 0.25) is 0 Å². The second-order valence-electron chi connectivity index (χ2n) is 5.09. The molecule has 2 rings (SSSR count). The summed E-state index contributed by atoms with van der Waals surface area (Å²) in [4.78, 5) is 0. The number of aromatic nitrogens is 2. The molecular weight excluding hydrogens is 198 g/mol. The molecule has 0 aliphatic heterocycles. The van der Waals surface area contributed by atoms with E-state index in [0.717, 1.165) is 13.0 Å². The maximum atomic E-state index is 4.22. The molecular formula is C13H23N3. The fourth-order valence-electron chi connectivity index (χ4n) is 2.61. The normalized spacial score (nSPS) is 19.7. The SMILES string of the molecule is CCNC(C)C1(CCc2ccnn2C)CC1. The lowest BCUT2D eigenvalue weighted by Crippen LogP contribution is -2.35. The van der Waals surface area contributed by atoms with Crippen molar-refractivity contribution in [1.29, 1.82) is 0 Å².